The van der Waals surface area contributed by atoms with Crippen LogP contribution in [0.3, 0.4) is 0 Å². The average molecular weight is 191 g/mol. The molecule has 0 aromatic carbocycles. The largest absolute Gasteiger partial charge is 0.388 e. The molecule has 1 aromatic rings. The molecule has 14 heavy (non-hydrogen) atoms. The zero-order valence-corrected chi connectivity index (χ0v) is 8.83. The highest BCUT2D eigenvalue weighted by molar-refractivity contribution is 5.31. The second kappa shape index (κ2) is 3.70. The zero-order valence-electron chi connectivity index (χ0n) is 8.83. The molecule has 2 heteroatoms. The molecular formula is C12H17NO. The van der Waals surface area contributed by atoms with Gasteiger partial charge in [0.1, 0.15) is 0 Å². The van der Waals surface area contributed by atoms with Crippen molar-refractivity contribution in [3.8, 4) is 0 Å². The fourth-order valence-electron chi connectivity index (χ4n) is 2.29. The number of hydrogen-bond acceptors (Lipinski definition) is 2. The highest BCUT2D eigenvalue weighted by Crippen LogP contribution is 2.35. The van der Waals surface area contributed by atoms with Gasteiger partial charge in [0, 0.05) is 17.5 Å². The van der Waals surface area contributed by atoms with Crippen LogP contribution in [0.2, 0.25) is 0 Å². The molecule has 1 aromatic heterocycles. The third kappa shape index (κ3) is 1.55. The first-order chi connectivity index (χ1) is 6.72. The highest BCUT2D eigenvalue weighted by atomic mass is 16.3. The summed E-state index contributed by atoms with van der Waals surface area (Å²) in [7, 11) is 0. The first kappa shape index (κ1) is 9.66. The maximum Gasteiger partial charge on any atom is 0.0835 e. The first-order valence-corrected chi connectivity index (χ1v) is 5.36. The Morgan fingerprint density at radius 2 is 2.36 bits per heavy atom. The van der Waals surface area contributed by atoms with Crippen LogP contribution < -0.4 is 0 Å². The van der Waals surface area contributed by atoms with Gasteiger partial charge in [-0.25, -0.2) is 0 Å². The summed E-state index contributed by atoms with van der Waals surface area (Å²) in [6.07, 6.45) is 4.80. The number of hydrogen-bond donors (Lipinski definition) is 1. The minimum Gasteiger partial charge on any atom is -0.388 e. The molecule has 0 amide bonds. The third-order valence-electron chi connectivity index (χ3n) is 3.24. The summed E-state index contributed by atoms with van der Waals surface area (Å²) >= 11 is 0. The second-order valence-corrected chi connectivity index (χ2v) is 4.18. The summed E-state index contributed by atoms with van der Waals surface area (Å²) in [5.41, 5.74) is 3.38. The van der Waals surface area contributed by atoms with E-state index in [9.17, 15) is 5.11 Å². The van der Waals surface area contributed by atoms with Gasteiger partial charge >= 0.3 is 0 Å². The van der Waals surface area contributed by atoms with E-state index in [2.05, 4.69) is 18.0 Å². The van der Waals surface area contributed by atoms with E-state index in [1.54, 1.807) is 0 Å². The van der Waals surface area contributed by atoms with E-state index in [4.69, 9.17) is 0 Å². The van der Waals surface area contributed by atoms with Gasteiger partial charge in [0.25, 0.3) is 0 Å². The summed E-state index contributed by atoms with van der Waals surface area (Å²) in [6.45, 7) is 4.14. The molecule has 1 N–H and O–H groups in total. The van der Waals surface area contributed by atoms with E-state index < -0.39 is 0 Å². The van der Waals surface area contributed by atoms with Gasteiger partial charge in [-0.15, -0.1) is 0 Å². The summed E-state index contributed by atoms with van der Waals surface area (Å²) < 4.78 is 0. The lowest BCUT2D eigenvalue weighted by atomic mass is 9.81. The van der Waals surface area contributed by atoms with Crippen molar-refractivity contribution in [3.05, 3.63) is 29.1 Å². The van der Waals surface area contributed by atoms with Gasteiger partial charge in [-0.2, -0.15) is 0 Å². The average Bonchev–Trinajstić information content (AvgIpc) is 2.18. The van der Waals surface area contributed by atoms with Crippen molar-refractivity contribution in [2.75, 3.05) is 0 Å². The van der Waals surface area contributed by atoms with E-state index >= 15 is 0 Å². The molecule has 2 unspecified atom stereocenters. The minimum absolute atomic E-state index is 0.295. The van der Waals surface area contributed by atoms with Crippen molar-refractivity contribution in [2.24, 2.45) is 5.92 Å². The quantitative estimate of drug-likeness (QED) is 0.739. The molecule has 1 heterocycles. The Balaban J connectivity index is 2.36. The number of aryl methyl sites for hydroxylation is 2. The van der Waals surface area contributed by atoms with Crippen molar-refractivity contribution in [1.29, 1.82) is 0 Å². The van der Waals surface area contributed by atoms with Crippen LogP contribution in [-0.4, -0.2) is 10.1 Å². The molecule has 0 radical (unpaired) electrons. The summed E-state index contributed by atoms with van der Waals surface area (Å²) in [5, 5.41) is 10.1. The lowest BCUT2D eigenvalue weighted by molar-refractivity contribution is 0.0910. The minimum atomic E-state index is -0.295. The van der Waals surface area contributed by atoms with Crippen molar-refractivity contribution in [3.63, 3.8) is 0 Å². The van der Waals surface area contributed by atoms with Crippen LogP contribution >= 0.6 is 0 Å². The van der Waals surface area contributed by atoms with E-state index in [0.29, 0.717) is 5.92 Å². The predicted octanol–water partition coefficient (Wildman–Crippen LogP) is 2.40. The number of pyridine rings is 1. The Labute approximate surface area is 85.0 Å². The van der Waals surface area contributed by atoms with Crippen LogP contribution in [0.25, 0.3) is 0 Å². The number of fused-ring (bicyclic) bond motifs is 1. The summed E-state index contributed by atoms with van der Waals surface area (Å²) in [6, 6.07) is 2.10. The Kier molecular flexibility index (Phi) is 2.55. The standard InChI is InChI=1S/C12H17NO/c1-3-9-4-5-10-6-8(2)13-7-11(10)12(9)14/h6-7,9,12,14H,3-5H2,1-2H3. The molecule has 2 nitrogen and oxygen atoms in total. The summed E-state index contributed by atoms with van der Waals surface area (Å²) in [4.78, 5) is 4.25. The Morgan fingerprint density at radius 1 is 1.57 bits per heavy atom. The SMILES string of the molecule is CCC1CCc2cc(C)ncc2C1O. The van der Waals surface area contributed by atoms with Crippen molar-refractivity contribution < 1.29 is 5.11 Å². The van der Waals surface area contributed by atoms with Crippen LogP contribution in [-0.2, 0) is 6.42 Å². The molecule has 2 atom stereocenters. The van der Waals surface area contributed by atoms with Crippen molar-refractivity contribution in [2.45, 2.75) is 39.2 Å². The van der Waals surface area contributed by atoms with Crippen LogP contribution in [0.5, 0.6) is 0 Å². The highest BCUT2D eigenvalue weighted by Gasteiger charge is 2.26. The zero-order chi connectivity index (χ0) is 10.1. The molecular weight excluding hydrogens is 174 g/mol. The first-order valence-electron chi connectivity index (χ1n) is 5.36. The summed E-state index contributed by atoms with van der Waals surface area (Å²) in [5.74, 6) is 0.423. The number of aliphatic hydroxyl groups is 1. The molecule has 0 spiro atoms. The normalized spacial score (nSPS) is 25.9. The van der Waals surface area contributed by atoms with Gasteiger partial charge < -0.3 is 5.11 Å². The number of aliphatic hydroxyl groups excluding tert-OH is 1. The van der Waals surface area contributed by atoms with Gasteiger partial charge in [0.15, 0.2) is 0 Å². The Morgan fingerprint density at radius 3 is 3.07 bits per heavy atom. The van der Waals surface area contributed by atoms with E-state index in [1.165, 1.54) is 5.56 Å². The topological polar surface area (TPSA) is 33.1 Å². The molecule has 0 saturated heterocycles. The second-order valence-electron chi connectivity index (χ2n) is 4.18. The molecule has 0 bridgehead atoms. The van der Waals surface area contributed by atoms with Gasteiger partial charge in [0.2, 0.25) is 0 Å². The monoisotopic (exact) mass is 191 g/mol. The lowest BCUT2D eigenvalue weighted by Crippen LogP contribution is -2.20. The Hall–Kier alpha value is -0.890. The van der Waals surface area contributed by atoms with Crippen molar-refractivity contribution in [1.82, 2.24) is 4.98 Å². The molecule has 2 rings (SSSR count). The number of aromatic nitrogens is 1. The van der Waals surface area contributed by atoms with Gasteiger partial charge in [-0.1, -0.05) is 13.3 Å². The molecule has 0 fully saturated rings. The molecule has 0 saturated carbocycles. The van der Waals surface area contributed by atoms with Crippen LogP contribution in [0, 0.1) is 12.8 Å². The molecule has 1 aliphatic carbocycles. The fourth-order valence-corrected chi connectivity index (χ4v) is 2.29. The van der Waals surface area contributed by atoms with E-state index in [1.807, 2.05) is 13.1 Å². The van der Waals surface area contributed by atoms with Gasteiger partial charge in [-0.05, 0) is 37.3 Å². The maximum absolute atomic E-state index is 10.1. The smallest absolute Gasteiger partial charge is 0.0835 e. The third-order valence-corrected chi connectivity index (χ3v) is 3.24. The number of nitrogens with zero attached hydrogens (tertiary/aromatic N) is 1. The van der Waals surface area contributed by atoms with E-state index in [0.717, 1.165) is 30.5 Å². The van der Waals surface area contributed by atoms with Crippen molar-refractivity contribution >= 4 is 0 Å². The molecule has 1 aliphatic rings. The molecule has 76 valence electrons. The van der Waals surface area contributed by atoms with Gasteiger partial charge in [-0.3, -0.25) is 4.98 Å². The fraction of sp³-hybridized carbons (Fsp3) is 0.583. The number of rotatable bonds is 1. The van der Waals surface area contributed by atoms with E-state index in [-0.39, 0.29) is 6.10 Å². The predicted molar refractivity (Wildman–Crippen MR) is 56.0 cm³/mol. The van der Waals surface area contributed by atoms with Crippen LogP contribution in [0.4, 0.5) is 0 Å². The van der Waals surface area contributed by atoms with Gasteiger partial charge in [0.05, 0.1) is 6.10 Å². The maximum atomic E-state index is 10.1. The van der Waals surface area contributed by atoms with Crippen LogP contribution in [0.15, 0.2) is 12.3 Å². The Bertz CT molecular complexity index is 335. The lowest BCUT2D eigenvalue weighted by Gasteiger charge is -2.29. The van der Waals surface area contributed by atoms with Crippen LogP contribution in [0.1, 0.15) is 42.7 Å². The molecule has 0 aliphatic heterocycles.